The second-order valence-corrected chi connectivity index (χ2v) is 3.89. The summed E-state index contributed by atoms with van der Waals surface area (Å²) < 4.78 is 13.4. The Morgan fingerprint density at radius 3 is 2.60 bits per heavy atom. The molecule has 0 fully saturated rings. The molecule has 82 valence electrons. The summed E-state index contributed by atoms with van der Waals surface area (Å²) in [7, 11) is 0. The van der Waals surface area contributed by atoms with E-state index in [-0.39, 0.29) is 12.0 Å². The first-order valence-corrected chi connectivity index (χ1v) is 5.01. The van der Waals surface area contributed by atoms with Crippen LogP contribution >= 0.6 is 0 Å². The minimum Gasteiger partial charge on any atom is -0.385 e. The minimum absolute atomic E-state index is 0.171. The third-order valence-corrected chi connectivity index (χ3v) is 2.44. The molecule has 0 spiro atoms. The van der Waals surface area contributed by atoms with Crippen molar-refractivity contribution in [2.75, 3.05) is 0 Å². The lowest BCUT2D eigenvalue weighted by atomic mass is 9.89. The normalized spacial score (nSPS) is 14.7. The lowest BCUT2D eigenvalue weighted by molar-refractivity contribution is 0.0608. The summed E-state index contributed by atoms with van der Waals surface area (Å²) in [5.74, 6) is -0.425. The Morgan fingerprint density at radius 2 is 2.07 bits per heavy atom. The maximum absolute atomic E-state index is 13.4. The molecule has 2 nitrogen and oxygen atoms in total. The van der Waals surface area contributed by atoms with Gasteiger partial charge in [-0.3, -0.25) is 0 Å². The van der Waals surface area contributed by atoms with Gasteiger partial charge in [-0.25, -0.2) is 4.39 Å². The van der Waals surface area contributed by atoms with Crippen molar-refractivity contribution >= 4 is 5.71 Å². The van der Waals surface area contributed by atoms with Gasteiger partial charge < -0.3 is 10.5 Å². The lowest BCUT2D eigenvalue weighted by Gasteiger charge is -2.24. The molecular formula is C12H16FNO. The topological polar surface area (TPSA) is 44.1 Å². The van der Waals surface area contributed by atoms with Crippen LogP contribution < -0.4 is 0 Å². The molecule has 3 heteroatoms. The molecule has 1 rings (SSSR count). The van der Waals surface area contributed by atoms with Crippen molar-refractivity contribution in [3.8, 4) is 0 Å². The van der Waals surface area contributed by atoms with E-state index in [2.05, 4.69) is 0 Å². The molecule has 0 bridgehead atoms. The third-order valence-electron chi connectivity index (χ3n) is 2.44. The molecule has 1 unspecified atom stereocenters. The molecule has 15 heavy (non-hydrogen) atoms. The summed E-state index contributed by atoms with van der Waals surface area (Å²) in [6.07, 6.45) is 0.745. The quantitative estimate of drug-likeness (QED) is 0.736. The van der Waals surface area contributed by atoms with Gasteiger partial charge >= 0.3 is 0 Å². The summed E-state index contributed by atoms with van der Waals surface area (Å²) in [6, 6.07) is 6.14. The van der Waals surface area contributed by atoms with Gasteiger partial charge in [-0.2, -0.15) is 0 Å². The number of nitrogens with one attached hydrogen (secondary N) is 1. The van der Waals surface area contributed by atoms with Crippen LogP contribution in [-0.2, 0) is 5.60 Å². The van der Waals surface area contributed by atoms with Crippen molar-refractivity contribution in [1.82, 2.24) is 0 Å². The van der Waals surface area contributed by atoms with Gasteiger partial charge in [0.1, 0.15) is 5.82 Å². The second kappa shape index (κ2) is 4.53. The summed E-state index contributed by atoms with van der Waals surface area (Å²) in [4.78, 5) is 0. The smallest absolute Gasteiger partial charge is 0.129 e. The molecule has 0 radical (unpaired) electrons. The first-order chi connectivity index (χ1) is 6.97. The van der Waals surface area contributed by atoms with Crippen LogP contribution in [0.5, 0.6) is 0 Å². The molecule has 0 amide bonds. The van der Waals surface area contributed by atoms with Gasteiger partial charge in [-0.1, -0.05) is 25.1 Å². The molecule has 1 aromatic carbocycles. The molecule has 1 atom stereocenters. The zero-order valence-electron chi connectivity index (χ0n) is 9.05. The molecule has 2 N–H and O–H groups in total. The predicted octanol–water partition coefficient (Wildman–Crippen LogP) is 2.85. The summed E-state index contributed by atoms with van der Waals surface area (Å²) in [5.41, 5.74) is -0.621. The van der Waals surface area contributed by atoms with E-state index >= 15 is 0 Å². The standard InChI is InChI=1S/C12H16FNO/c1-3-9(14)8-12(2,15)10-6-4-5-7-11(10)13/h4-7,14-15H,3,8H2,1-2H3. The van der Waals surface area contributed by atoms with Gasteiger partial charge in [0.15, 0.2) is 0 Å². The molecule has 0 heterocycles. The SMILES string of the molecule is CCC(=N)CC(C)(O)c1ccccc1F. The van der Waals surface area contributed by atoms with Crippen LogP contribution in [0.15, 0.2) is 24.3 Å². The van der Waals surface area contributed by atoms with Crippen LogP contribution in [0.3, 0.4) is 0 Å². The highest BCUT2D eigenvalue weighted by Crippen LogP contribution is 2.27. The average Bonchev–Trinajstić information content (AvgIpc) is 2.17. The fraction of sp³-hybridized carbons (Fsp3) is 0.417. The van der Waals surface area contributed by atoms with E-state index < -0.39 is 11.4 Å². The van der Waals surface area contributed by atoms with E-state index in [1.807, 2.05) is 6.92 Å². The number of aliphatic hydroxyl groups is 1. The summed E-state index contributed by atoms with van der Waals surface area (Å²) >= 11 is 0. The van der Waals surface area contributed by atoms with E-state index in [0.29, 0.717) is 12.1 Å². The average molecular weight is 209 g/mol. The maximum atomic E-state index is 13.4. The predicted molar refractivity (Wildman–Crippen MR) is 58.6 cm³/mol. The van der Waals surface area contributed by atoms with E-state index in [1.165, 1.54) is 13.0 Å². The second-order valence-electron chi connectivity index (χ2n) is 3.89. The maximum Gasteiger partial charge on any atom is 0.129 e. The molecule has 0 saturated carbocycles. The van der Waals surface area contributed by atoms with Gasteiger partial charge in [0, 0.05) is 17.7 Å². The summed E-state index contributed by atoms with van der Waals surface area (Å²) in [6.45, 7) is 3.38. The van der Waals surface area contributed by atoms with Crippen molar-refractivity contribution in [3.05, 3.63) is 35.6 Å². The number of hydrogen-bond acceptors (Lipinski definition) is 2. The number of benzene rings is 1. The first kappa shape index (κ1) is 11.9. The van der Waals surface area contributed by atoms with Crippen LogP contribution in [-0.4, -0.2) is 10.8 Å². The van der Waals surface area contributed by atoms with Crippen LogP contribution in [0.1, 0.15) is 32.3 Å². The minimum atomic E-state index is -1.29. The number of hydrogen-bond donors (Lipinski definition) is 2. The highest BCUT2D eigenvalue weighted by atomic mass is 19.1. The van der Waals surface area contributed by atoms with Crippen molar-refractivity contribution in [1.29, 1.82) is 5.41 Å². The van der Waals surface area contributed by atoms with Crippen LogP contribution in [0.2, 0.25) is 0 Å². The molecular weight excluding hydrogens is 193 g/mol. The van der Waals surface area contributed by atoms with Gasteiger partial charge in [-0.15, -0.1) is 0 Å². The Morgan fingerprint density at radius 1 is 1.47 bits per heavy atom. The van der Waals surface area contributed by atoms with E-state index in [1.54, 1.807) is 18.2 Å². The van der Waals surface area contributed by atoms with Crippen molar-refractivity contribution < 1.29 is 9.50 Å². The Labute approximate surface area is 89.3 Å². The van der Waals surface area contributed by atoms with Gasteiger partial charge in [0.05, 0.1) is 5.60 Å². The van der Waals surface area contributed by atoms with Gasteiger partial charge in [0.2, 0.25) is 0 Å². The Kier molecular flexibility index (Phi) is 3.58. The van der Waals surface area contributed by atoms with Crippen LogP contribution in [0.25, 0.3) is 0 Å². The van der Waals surface area contributed by atoms with Crippen molar-refractivity contribution in [3.63, 3.8) is 0 Å². The number of rotatable bonds is 4. The molecule has 0 aliphatic heterocycles. The fourth-order valence-corrected chi connectivity index (χ4v) is 1.53. The van der Waals surface area contributed by atoms with Gasteiger partial charge in [0.25, 0.3) is 0 Å². The lowest BCUT2D eigenvalue weighted by Crippen LogP contribution is -2.26. The molecule has 0 aliphatic carbocycles. The molecule has 0 aromatic heterocycles. The van der Waals surface area contributed by atoms with E-state index in [4.69, 9.17) is 5.41 Å². The summed E-state index contributed by atoms with van der Waals surface area (Å²) in [5, 5.41) is 17.6. The largest absolute Gasteiger partial charge is 0.385 e. The monoisotopic (exact) mass is 209 g/mol. The molecule has 1 aromatic rings. The third kappa shape index (κ3) is 2.86. The Balaban J connectivity index is 2.95. The zero-order chi connectivity index (χ0) is 11.5. The Bertz CT molecular complexity index is 360. The first-order valence-electron chi connectivity index (χ1n) is 5.01. The van der Waals surface area contributed by atoms with Crippen LogP contribution in [0, 0.1) is 11.2 Å². The van der Waals surface area contributed by atoms with Crippen molar-refractivity contribution in [2.24, 2.45) is 0 Å². The van der Waals surface area contributed by atoms with E-state index in [9.17, 15) is 9.50 Å². The highest BCUT2D eigenvalue weighted by molar-refractivity contribution is 5.82. The van der Waals surface area contributed by atoms with Gasteiger partial charge in [-0.05, 0) is 19.4 Å². The highest BCUT2D eigenvalue weighted by Gasteiger charge is 2.27. The van der Waals surface area contributed by atoms with Crippen molar-refractivity contribution in [2.45, 2.75) is 32.3 Å². The molecule has 0 saturated heterocycles. The Hall–Kier alpha value is -1.22. The van der Waals surface area contributed by atoms with E-state index in [0.717, 1.165) is 0 Å². The molecule has 0 aliphatic rings. The van der Waals surface area contributed by atoms with Crippen LogP contribution in [0.4, 0.5) is 4.39 Å². The fourth-order valence-electron chi connectivity index (χ4n) is 1.53. The number of halogens is 1. The zero-order valence-corrected chi connectivity index (χ0v) is 9.05.